The molecule has 0 radical (unpaired) electrons. The fourth-order valence-corrected chi connectivity index (χ4v) is 1.22. The zero-order valence-electron chi connectivity index (χ0n) is 11.9. The summed E-state index contributed by atoms with van der Waals surface area (Å²) < 4.78 is 0. The van der Waals surface area contributed by atoms with Crippen molar-refractivity contribution in [1.29, 1.82) is 0 Å². The Balaban J connectivity index is 3.93. The van der Waals surface area contributed by atoms with Crippen LogP contribution in [0.5, 0.6) is 0 Å². The molecule has 2 heteroatoms. The first kappa shape index (κ1) is 16.4. The van der Waals surface area contributed by atoms with Crippen LogP contribution in [0.2, 0.25) is 0 Å². The number of hydrogen-bond acceptors (Lipinski definition) is 2. The Morgan fingerprint density at radius 2 is 1.65 bits per heavy atom. The van der Waals surface area contributed by atoms with Gasteiger partial charge in [-0.15, -0.1) is 0 Å². The molecule has 17 heavy (non-hydrogen) atoms. The molecule has 2 nitrogen and oxygen atoms in total. The van der Waals surface area contributed by atoms with Crippen molar-refractivity contribution in [3.05, 3.63) is 24.3 Å². The molecule has 0 bridgehead atoms. The normalized spacial score (nSPS) is 17.2. The molecule has 0 fully saturated rings. The molecule has 100 valence electrons. The average Bonchev–Trinajstić information content (AvgIpc) is 2.22. The molecule has 0 aromatic carbocycles. The minimum absolute atomic E-state index is 0.193. The van der Waals surface area contributed by atoms with Crippen LogP contribution in [0.4, 0.5) is 0 Å². The quantitative estimate of drug-likeness (QED) is 0.670. The number of hydrogen-bond donors (Lipinski definition) is 2. The first-order valence-corrected chi connectivity index (χ1v) is 6.48. The highest BCUT2D eigenvalue weighted by molar-refractivity contribution is 5.08. The van der Waals surface area contributed by atoms with Gasteiger partial charge in [-0.1, -0.05) is 52.0 Å². The first-order chi connectivity index (χ1) is 7.77. The van der Waals surface area contributed by atoms with Crippen molar-refractivity contribution < 1.29 is 10.2 Å². The monoisotopic (exact) mass is 240 g/mol. The highest BCUT2D eigenvalue weighted by atomic mass is 16.3. The maximum absolute atomic E-state index is 9.60. The Labute approximate surface area is 106 Å². The fraction of sp³-hybridized carbons (Fsp3) is 0.733. The molecular weight excluding hydrogens is 212 g/mol. The molecule has 0 spiro atoms. The lowest BCUT2D eigenvalue weighted by Gasteiger charge is -2.23. The van der Waals surface area contributed by atoms with Crippen LogP contribution >= 0.6 is 0 Å². The van der Waals surface area contributed by atoms with Gasteiger partial charge < -0.3 is 10.2 Å². The van der Waals surface area contributed by atoms with Gasteiger partial charge in [0.2, 0.25) is 0 Å². The number of aliphatic hydroxyl groups is 2. The Kier molecular flexibility index (Phi) is 7.40. The molecular formula is C15H28O2. The zero-order chi connectivity index (χ0) is 13.5. The van der Waals surface area contributed by atoms with Crippen LogP contribution in [0, 0.1) is 11.3 Å². The van der Waals surface area contributed by atoms with E-state index in [1.165, 1.54) is 0 Å². The smallest absolute Gasteiger partial charge is 0.0597 e. The van der Waals surface area contributed by atoms with Crippen molar-refractivity contribution in [2.24, 2.45) is 11.3 Å². The topological polar surface area (TPSA) is 40.5 Å². The summed E-state index contributed by atoms with van der Waals surface area (Å²) in [4.78, 5) is 0. The summed E-state index contributed by atoms with van der Waals surface area (Å²) in [5, 5.41) is 19.1. The lowest BCUT2D eigenvalue weighted by atomic mass is 9.87. The minimum Gasteiger partial charge on any atom is -0.393 e. The highest BCUT2D eigenvalue weighted by Crippen LogP contribution is 2.21. The van der Waals surface area contributed by atoms with Crippen molar-refractivity contribution in [2.45, 2.75) is 59.7 Å². The van der Waals surface area contributed by atoms with Crippen LogP contribution < -0.4 is 0 Å². The minimum atomic E-state index is -0.352. The molecule has 2 atom stereocenters. The van der Waals surface area contributed by atoms with Gasteiger partial charge >= 0.3 is 0 Å². The van der Waals surface area contributed by atoms with Crippen molar-refractivity contribution in [3.8, 4) is 0 Å². The summed E-state index contributed by atoms with van der Waals surface area (Å²) in [7, 11) is 0. The second kappa shape index (κ2) is 7.67. The van der Waals surface area contributed by atoms with E-state index in [0.717, 1.165) is 12.8 Å². The molecule has 0 amide bonds. The van der Waals surface area contributed by atoms with E-state index in [-0.39, 0.29) is 17.6 Å². The van der Waals surface area contributed by atoms with E-state index < -0.39 is 0 Å². The van der Waals surface area contributed by atoms with Crippen molar-refractivity contribution >= 4 is 0 Å². The number of aliphatic hydroxyl groups excluding tert-OH is 2. The van der Waals surface area contributed by atoms with E-state index in [1.807, 2.05) is 45.9 Å². The van der Waals surface area contributed by atoms with Crippen LogP contribution in [0.15, 0.2) is 24.3 Å². The molecule has 0 aliphatic carbocycles. The predicted octanol–water partition coefficient (Wildman–Crippen LogP) is 3.30. The van der Waals surface area contributed by atoms with Gasteiger partial charge in [-0.05, 0) is 25.7 Å². The Morgan fingerprint density at radius 1 is 1.06 bits per heavy atom. The largest absolute Gasteiger partial charge is 0.393 e. The van der Waals surface area contributed by atoms with Gasteiger partial charge in [0.15, 0.2) is 0 Å². The number of allylic oxidation sites excluding steroid dienone is 3. The third kappa shape index (κ3) is 7.35. The lowest BCUT2D eigenvalue weighted by Crippen LogP contribution is -2.23. The van der Waals surface area contributed by atoms with Crippen LogP contribution in [-0.2, 0) is 0 Å². The maximum atomic E-state index is 9.60. The van der Waals surface area contributed by atoms with E-state index in [4.69, 9.17) is 0 Å². The van der Waals surface area contributed by atoms with Gasteiger partial charge in [-0.2, -0.15) is 0 Å². The molecule has 0 heterocycles. The maximum Gasteiger partial charge on any atom is 0.0597 e. The Hall–Kier alpha value is -0.600. The third-order valence-corrected chi connectivity index (χ3v) is 3.25. The van der Waals surface area contributed by atoms with Gasteiger partial charge in [0, 0.05) is 5.41 Å². The molecule has 0 saturated heterocycles. The van der Waals surface area contributed by atoms with Crippen molar-refractivity contribution in [1.82, 2.24) is 0 Å². The van der Waals surface area contributed by atoms with E-state index in [9.17, 15) is 10.2 Å². The molecule has 2 N–H and O–H groups in total. The molecule has 0 saturated carbocycles. The van der Waals surface area contributed by atoms with E-state index >= 15 is 0 Å². The molecule has 0 aliphatic rings. The molecule has 0 rings (SSSR count). The highest BCUT2D eigenvalue weighted by Gasteiger charge is 2.19. The van der Waals surface area contributed by atoms with Crippen molar-refractivity contribution in [2.75, 3.05) is 0 Å². The van der Waals surface area contributed by atoms with Crippen LogP contribution in [0.25, 0.3) is 0 Å². The molecule has 0 aromatic heterocycles. The van der Waals surface area contributed by atoms with Gasteiger partial charge in [-0.25, -0.2) is 0 Å². The van der Waals surface area contributed by atoms with Crippen molar-refractivity contribution in [3.63, 3.8) is 0 Å². The van der Waals surface area contributed by atoms with Gasteiger partial charge in [0.05, 0.1) is 12.2 Å². The van der Waals surface area contributed by atoms with Crippen LogP contribution in [0.1, 0.15) is 47.5 Å². The zero-order valence-corrected chi connectivity index (χ0v) is 11.9. The molecule has 0 aliphatic heterocycles. The SMILES string of the molecule is CC(C)C(O)CCC=CC=CC(C)(C)C(C)O. The Morgan fingerprint density at radius 3 is 2.12 bits per heavy atom. The second-order valence-electron chi connectivity index (χ2n) is 5.67. The standard InChI is InChI=1S/C15H28O2/c1-12(2)14(17)10-8-6-7-9-11-15(4,5)13(3)16/h6-7,9,11-14,16-17H,8,10H2,1-5H3. The lowest BCUT2D eigenvalue weighted by molar-refractivity contribution is 0.0996. The summed E-state index contributed by atoms with van der Waals surface area (Å²) in [5.74, 6) is 0.327. The molecule has 2 unspecified atom stereocenters. The second-order valence-corrected chi connectivity index (χ2v) is 5.67. The average molecular weight is 240 g/mol. The van der Waals surface area contributed by atoms with Gasteiger partial charge in [0.1, 0.15) is 0 Å². The van der Waals surface area contributed by atoms with Crippen LogP contribution in [0.3, 0.4) is 0 Å². The summed E-state index contributed by atoms with van der Waals surface area (Å²) in [6.07, 6.45) is 9.15. The summed E-state index contributed by atoms with van der Waals surface area (Å²) >= 11 is 0. The first-order valence-electron chi connectivity index (χ1n) is 6.48. The predicted molar refractivity (Wildman–Crippen MR) is 73.8 cm³/mol. The van der Waals surface area contributed by atoms with Crippen LogP contribution in [-0.4, -0.2) is 22.4 Å². The summed E-state index contributed by atoms with van der Waals surface area (Å²) in [5.41, 5.74) is -0.193. The number of rotatable bonds is 7. The third-order valence-electron chi connectivity index (χ3n) is 3.25. The summed E-state index contributed by atoms with van der Waals surface area (Å²) in [6, 6.07) is 0. The molecule has 0 aromatic rings. The Bertz CT molecular complexity index is 250. The van der Waals surface area contributed by atoms with E-state index in [1.54, 1.807) is 6.92 Å². The van der Waals surface area contributed by atoms with E-state index in [0.29, 0.717) is 5.92 Å². The van der Waals surface area contributed by atoms with Gasteiger partial charge in [-0.3, -0.25) is 0 Å². The summed E-state index contributed by atoms with van der Waals surface area (Å²) in [6.45, 7) is 9.86. The van der Waals surface area contributed by atoms with Gasteiger partial charge in [0.25, 0.3) is 0 Å². The fourth-order valence-electron chi connectivity index (χ4n) is 1.22. The van der Waals surface area contributed by atoms with E-state index in [2.05, 4.69) is 6.08 Å².